The number of hydrogen-bond acceptors (Lipinski definition) is 8. The second-order valence-electron chi connectivity index (χ2n) is 5.20. The number of rotatable bonds is 7. The zero-order valence-electron chi connectivity index (χ0n) is 12.9. The summed E-state index contributed by atoms with van der Waals surface area (Å²) in [4.78, 5) is 22.1. The molecule has 1 amide bonds. The Labute approximate surface area is 143 Å². The Balaban J connectivity index is 1.94. The van der Waals surface area contributed by atoms with Crippen molar-refractivity contribution in [3.63, 3.8) is 0 Å². The van der Waals surface area contributed by atoms with Gasteiger partial charge in [0.2, 0.25) is 5.91 Å². The number of hydrogen-bond donors (Lipinski definition) is 3. The van der Waals surface area contributed by atoms with Crippen molar-refractivity contribution < 1.29 is 18.1 Å². The molecule has 1 fully saturated rings. The van der Waals surface area contributed by atoms with Gasteiger partial charge in [-0.2, -0.15) is 0 Å². The summed E-state index contributed by atoms with van der Waals surface area (Å²) in [5.74, 6) is 1.36. The first-order valence-electron chi connectivity index (χ1n) is 7.10. The molecule has 0 bridgehead atoms. The lowest BCUT2D eigenvalue weighted by molar-refractivity contribution is -0.384. The number of nitrogens with zero attached hydrogens (tertiary/aromatic N) is 1. The fourth-order valence-electron chi connectivity index (χ4n) is 2.11. The molecule has 0 saturated carbocycles. The molecule has 1 heterocycles. The minimum atomic E-state index is -3.52. The first-order chi connectivity index (χ1) is 11.3. The SMILES string of the molecule is CS(=O)(=O)c1ccc(NCCNC(=O)C2CSCN2)c([N+](=O)[O-])c1. The first-order valence-corrected chi connectivity index (χ1v) is 10.1. The van der Waals surface area contributed by atoms with E-state index in [0.29, 0.717) is 6.54 Å². The smallest absolute Gasteiger partial charge is 0.293 e. The molecule has 11 heteroatoms. The van der Waals surface area contributed by atoms with E-state index < -0.39 is 14.8 Å². The van der Waals surface area contributed by atoms with E-state index in [4.69, 9.17) is 0 Å². The van der Waals surface area contributed by atoms with Crippen LogP contribution in [-0.2, 0) is 14.6 Å². The number of benzene rings is 1. The Hall–Kier alpha value is -1.85. The van der Waals surface area contributed by atoms with E-state index >= 15 is 0 Å². The zero-order valence-corrected chi connectivity index (χ0v) is 14.6. The van der Waals surface area contributed by atoms with Gasteiger partial charge in [0.25, 0.3) is 5.69 Å². The Kier molecular flexibility index (Phi) is 6.02. The number of amides is 1. The van der Waals surface area contributed by atoms with E-state index in [1.807, 2.05) is 0 Å². The molecule has 9 nitrogen and oxygen atoms in total. The summed E-state index contributed by atoms with van der Waals surface area (Å²) in [6.07, 6.45) is 0.990. The van der Waals surface area contributed by atoms with Gasteiger partial charge in [0.05, 0.1) is 15.9 Å². The molecule has 1 unspecified atom stereocenters. The van der Waals surface area contributed by atoms with Crippen LogP contribution >= 0.6 is 11.8 Å². The summed E-state index contributed by atoms with van der Waals surface area (Å²) >= 11 is 1.64. The highest BCUT2D eigenvalue weighted by Crippen LogP contribution is 2.27. The molecule has 2 rings (SSSR count). The predicted molar refractivity (Wildman–Crippen MR) is 92.0 cm³/mol. The Morgan fingerprint density at radius 2 is 2.21 bits per heavy atom. The molecule has 0 radical (unpaired) electrons. The molecule has 1 atom stereocenters. The normalized spacial score (nSPS) is 17.5. The van der Waals surface area contributed by atoms with Gasteiger partial charge in [-0.3, -0.25) is 20.2 Å². The topological polar surface area (TPSA) is 130 Å². The summed E-state index contributed by atoms with van der Waals surface area (Å²) in [6.45, 7) is 0.581. The monoisotopic (exact) mass is 374 g/mol. The summed E-state index contributed by atoms with van der Waals surface area (Å²) < 4.78 is 23.0. The van der Waals surface area contributed by atoms with Gasteiger partial charge in [0.15, 0.2) is 9.84 Å². The first kappa shape index (κ1) is 18.5. The number of nitro groups is 1. The molecule has 1 aliphatic rings. The quantitative estimate of drug-likeness (QED) is 0.350. The van der Waals surface area contributed by atoms with Gasteiger partial charge in [-0.05, 0) is 12.1 Å². The van der Waals surface area contributed by atoms with Crippen molar-refractivity contribution in [1.82, 2.24) is 10.6 Å². The van der Waals surface area contributed by atoms with Gasteiger partial charge >= 0.3 is 0 Å². The summed E-state index contributed by atoms with van der Waals surface area (Å²) in [5, 5.41) is 19.7. The van der Waals surface area contributed by atoms with Crippen LogP contribution in [0.15, 0.2) is 23.1 Å². The van der Waals surface area contributed by atoms with Crippen LogP contribution < -0.4 is 16.0 Å². The van der Waals surface area contributed by atoms with Crippen molar-refractivity contribution in [2.45, 2.75) is 10.9 Å². The summed E-state index contributed by atoms with van der Waals surface area (Å²) in [7, 11) is -3.52. The summed E-state index contributed by atoms with van der Waals surface area (Å²) in [5.41, 5.74) is -0.116. The highest BCUT2D eigenvalue weighted by molar-refractivity contribution is 7.99. The number of thioether (sulfide) groups is 1. The summed E-state index contributed by atoms with van der Waals surface area (Å²) in [6, 6.07) is 3.48. The Bertz CT molecular complexity index is 732. The minimum absolute atomic E-state index is 0.108. The van der Waals surface area contributed by atoms with Crippen molar-refractivity contribution in [3.05, 3.63) is 28.3 Å². The van der Waals surface area contributed by atoms with Crippen LogP contribution in [0.5, 0.6) is 0 Å². The molecule has 0 aliphatic carbocycles. The average Bonchev–Trinajstić information content (AvgIpc) is 3.04. The maximum atomic E-state index is 11.8. The van der Waals surface area contributed by atoms with Crippen LogP contribution in [-0.4, -0.2) is 56.3 Å². The van der Waals surface area contributed by atoms with E-state index in [1.54, 1.807) is 11.8 Å². The van der Waals surface area contributed by atoms with E-state index in [0.717, 1.165) is 24.0 Å². The van der Waals surface area contributed by atoms with Gasteiger partial charge in [-0.1, -0.05) is 0 Å². The number of anilines is 1. The average molecular weight is 374 g/mol. The maximum Gasteiger partial charge on any atom is 0.293 e. The number of sulfone groups is 1. The van der Waals surface area contributed by atoms with Crippen molar-refractivity contribution in [2.75, 3.05) is 36.3 Å². The minimum Gasteiger partial charge on any atom is -0.378 e. The van der Waals surface area contributed by atoms with Crippen molar-refractivity contribution in [3.8, 4) is 0 Å². The lowest BCUT2D eigenvalue weighted by Gasteiger charge is -2.12. The van der Waals surface area contributed by atoms with E-state index in [1.165, 1.54) is 12.1 Å². The van der Waals surface area contributed by atoms with E-state index in [9.17, 15) is 23.3 Å². The van der Waals surface area contributed by atoms with E-state index in [2.05, 4.69) is 16.0 Å². The van der Waals surface area contributed by atoms with Gasteiger partial charge < -0.3 is 10.6 Å². The van der Waals surface area contributed by atoms with Crippen LogP contribution in [0.3, 0.4) is 0 Å². The molecule has 1 aromatic carbocycles. The molecule has 132 valence electrons. The molecule has 24 heavy (non-hydrogen) atoms. The maximum absolute atomic E-state index is 11.8. The lowest BCUT2D eigenvalue weighted by Crippen LogP contribution is -2.43. The number of carbonyl (C=O) groups is 1. The second kappa shape index (κ2) is 7.81. The Morgan fingerprint density at radius 1 is 1.46 bits per heavy atom. The second-order valence-corrected chi connectivity index (χ2v) is 8.24. The molecule has 0 aromatic heterocycles. The van der Waals surface area contributed by atoms with Crippen molar-refractivity contribution in [1.29, 1.82) is 0 Å². The highest BCUT2D eigenvalue weighted by atomic mass is 32.2. The van der Waals surface area contributed by atoms with E-state index in [-0.39, 0.29) is 34.8 Å². The fraction of sp³-hybridized carbons (Fsp3) is 0.462. The van der Waals surface area contributed by atoms with Gasteiger partial charge in [0.1, 0.15) is 5.69 Å². The van der Waals surface area contributed by atoms with Crippen LogP contribution in [0.1, 0.15) is 0 Å². The highest BCUT2D eigenvalue weighted by Gasteiger charge is 2.22. The molecule has 3 N–H and O–H groups in total. The standard InChI is InChI=1S/C13H18N4O5S2/c1-24(21,22)9-2-3-10(12(6-9)17(19)20)14-4-5-15-13(18)11-7-23-8-16-11/h2-3,6,11,14,16H,4-5,7-8H2,1H3,(H,15,18). The molecule has 1 saturated heterocycles. The van der Waals surface area contributed by atoms with Crippen LogP contribution in [0.4, 0.5) is 11.4 Å². The largest absolute Gasteiger partial charge is 0.378 e. The molecule has 1 aliphatic heterocycles. The lowest BCUT2D eigenvalue weighted by atomic mass is 10.2. The zero-order chi connectivity index (χ0) is 17.7. The van der Waals surface area contributed by atoms with Crippen molar-refractivity contribution in [2.24, 2.45) is 0 Å². The molecule has 0 spiro atoms. The van der Waals surface area contributed by atoms with Crippen LogP contribution in [0.2, 0.25) is 0 Å². The number of nitro benzene ring substituents is 1. The number of nitrogens with one attached hydrogen (secondary N) is 3. The predicted octanol–water partition coefficient (Wildman–Crippen LogP) is 0.189. The third kappa shape index (κ3) is 4.82. The van der Waals surface area contributed by atoms with Crippen LogP contribution in [0, 0.1) is 10.1 Å². The van der Waals surface area contributed by atoms with Gasteiger partial charge in [0, 0.05) is 37.0 Å². The fourth-order valence-corrected chi connectivity index (χ4v) is 3.70. The van der Waals surface area contributed by atoms with Crippen LogP contribution in [0.25, 0.3) is 0 Å². The number of carbonyl (C=O) groups excluding carboxylic acids is 1. The molecular formula is C13H18N4O5S2. The Morgan fingerprint density at radius 3 is 2.79 bits per heavy atom. The van der Waals surface area contributed by atoms with Crippen molar-refractivity contribution >= 4 is 38.9 Å². The third-order valence-electron chi connectivity index (χ3n) is 3.37. The molecular weight excluding hydrogens is 356 g/mol. The van der Waals surface area contributed by atoms with Gasteiger partial charge in [-0.15, -0.1) is 11.8 Å². The molecule has 1 aromatic rings. The third-order valence-corrected chi connectivity index (χ3v) is 5.42. The van der Waals surface area contributed by atoms with Gasteiger partial charge in [-0.25, -0.2) is 8.42 Å².